The predicted octanol–water partition coefficient (Wildman–Crippen LogP) is 5.46. The van der Waals surface area contributed by atoms with Crippen molar-refractivity contribution < 1.29 is 26.3 Å². The van der Waals surface area contributed by atoms with Crippen LogP contribution >= 0.6 is 15.9 Å². The molecule has 22 heavy (non-hydrogen) atoms. The summed E-state index contributed by atoms with van der Waals surface area (Å²) in [6.45, 7) is 0. The van der Waals surface area contributed by atoms with Gasteiger partial charge in [0.05, 0.1) is 4.47 Å². The van der Waals surface area contributed by atoms with Gasteiger partial charge in [-0.05, 0) is 52.9 Å². The molecule has 0 amide bonds. The van der Waals surface area contributed by atoms with Crippen LogP contribution in [0.25, 0.3) is 0 Å². The number of benzene rings is 2. The maximum Gasteiger partial charge on any atom is 0.200 e. The quantitative estimate of drug-likeness (QED) is 0.374. The second-order valence-corrected chi connectivity index (χ2v) is 5.50. The van der Waals surface area contributed by atoms with Gasteiger partial charge < -0.3 is 0 Å². The van der Waals surface area contributed by atoms with Gasteiger partial charge in [0.2, 0.25) is 5.82 Å². The van der Waals surface area contributed by atoms with Crippen LogP contribution in [0.4, 0.5) is 26.3 Å². The maximum absolute atomic E-state index is 13.5. The van der Waals surface area contributed by atoms with Gasteiger partial charge >= 0.3 is 0 Å². The van der Waals surface area contributed by atoms with E-state index >= 15 is 0 Å². The summed E-state index contributed by atoms with van der Waals surface area (Å²) in [4.78, 5) is 0. The van der Waals surface area contributed by atoms with Crippen molar-refractivity contribution in [2.75, 3.05) is 0 Å². The van der Waals surface area contributed by atoms with E-state index in [2.05, 4.69) is 15.9 Å². The molecule has 0 atom stereocenters. The first-order valence-electron chi connectivity index (χ1n) is 6.27. The summed E-state index contributed by atoms with van der Waals surface area (Å²) in [5, 5.41) is 0. The third-order valence-electron chi connectivity index (χ3n) is 3.18. The van der Waals surface area contributed by atoms with Crippen LogP contribution in [0.5, 0.6) is 0 Å². The molecule has 0 aromatic heterocycles. The molecule has 0 unspecified atom stereocenters. The average Bonchev–Trinajstić information content (AvgIpc) is 2.50. The predicted molar refractivity (Wildman–Crippen MR) is 72.4 cm³/mol. The van der Waals surface area contributed by atoms with Crippen molar-refractivity contribution in [3.8, 4) is 0 Å². The lowest BCUT2D eigenvalue weighted by molar-refractivity contribution is 0.369. The van der Waals surface area contributed by atoms with Crippen LogP contribution in [-0.2, 0) is 12.8 Å². The lowest BCUT2D eigenvalue weighted by Gasteiger charge is -2.08. The zero-order valence-corrected chi connectivity index (χ0v) is 12.6. The van der Waals surface area contributed by atoms with Crippen molar-refractivity contribution in [1.82, 2.24) is 0 Å². The van der Waals surface area contributed by atoms with Gasteiger partial charge in [-0.3, -0.25) is 0 Å². The summed E-state index contributed by atoms with van der Waals surface area (Å²) in [5.74, 6) is -10.2. The highest BCUT2D eigenvalue weighted by Crippen LogP contribution is 2.25. The summed E-state index contributed by atoms with van der Waals surface area (Å²) in [6.07, 6.45) is 0.00654. The Labute approximate surface area is 130 Å². The Hall–Kier alpha value is -1.50. The van der Waals surface area contributed by atoms with E-state index in [0.29, 0.717) is 5.56 Å². The number of halogens is 7. The van der Waals surface area contributed by atoms with Gasteiger partial charge in [-0.1, -0.05) is 6.07 Å². The van der Waals surface area contributed by atoms with Gasteiger partial charge in [-0.25, -0.2) is 26.3 Å². The molecule has 2 rings (SSSR count). The topological polar surface area (TPSA) is 0 Å². The fraction of sp³-hybridized carbons (Fsp3) is 0.200. The zero-order chi connectivity index (χ0) is 16.4. The van der Waals surface area contributed by atoms with Gasteiger partial charge in [0, 0.05) is 5.56 Å². The fourth-order valence-electron chi connectivity index (χ4n) is 2.03. The van der Waals surface area contributed by atoms with Crippen molar-refractivity contribution in [1.29, 1.82) is 0 Å². The molecule has 2 aromatic carbocycles. The van der Waals surface area contributed by atoms with Crippen molar-refractivity contribution in [2.45, 2.75) is 19.3 Å². The van der Waals surface area contributed by atoms with Gasteiger partial charge in [-0.15, -0.1) is 0 Å². The first-order chi connectivity index (χ1) is 10.3. The van der Waals surface area contributed by atoms with E-state index in [0.717, 1.165) is 0 Å². The molecule has 0 fully saturated rings. The first kappa shape index (κ1) is 16.9. The average molecular weight is 383 g/mol. The molecule has 0 spiro atoms. The Balaban J connectivity index is 2.14. The second-order valence-electron chi connectivity index (χ2n) is 4.65. The van der Waals surface area contributed by atoms with E-state index in [4.69, 9.17) is 0 Å². The molecule has 0 aliphatic carbocycles. The number of hydrogen-bond donors (Lipinski definition) is 0. The molecule has 0 aliphatic rings. The Morgan fingerprint density at radius 2 is 1.27 bits per heavy atom. The smallest absolute Gasteiger partial charge is 0.200 e. The molecule has 0 radical (unpaired) electrons. The van der Waals surface area contributed by atoms with Crippen molar-refractivity contribution in [2.24, 2.45) is 0 Å². The molecule has 0 aliphatic heterocycles. The molecule has 2 aromatic rings. The molecule has 0 bridgehead atoms. The largest absolute Gasteiger partial charge is 0.206 e. The van der Waals surface area contributed by atoms with Crippen LogP contribution in [0.3, 0.4) is 0 Å². The van der Waals surface area contributed by atoms with E-state index in [-0.39, 0.29) is 23.7 Å². The Bertz CT molecular complexity index is 685. The van der Waals surface area contributed by atoms with E-state index in [1.54, 1.807) is 6.07 Å². The van der Waals surface area contributed by atoms with E-state index in [1.807, 2.05) is 0 Å². The molecule has 0 heterocycles. The molecule has 0 N–H and O–H groups in total. The number of hydrogen-bond acceptors (Lipinski definition) is 0. The maximum atomic E-state index is 13.5. The van der Waals surface area contributed by atoms with Gasteiger partial charge in [0.1, 0.15) is 5.82 Å². The van der Waals surface area contributed by atoms with Crippen molar-refractivity contribution in [3.05, 3.63) is 68.7 Å². The lowest BCUT2D eigenvalue weighted by atomic mass is 10.0. The highest BCUT2D eigenvalue weighted by molar-refractivity contribution is 9.10. The van der Waals surface area contributed by atoms with Crippen LogP contribution < -0.4 is 0 Å². The third-order valence-corrected chi connectivity index (χ3v) is 3.82. The van der Waals surface area contributed by atoms with Crippen LogP contribution in [0.15, 0.2) is 22.7 Å². The van der Waals surface area contributed by atoms with Gasteiger partial charge in [0.15, 0.2) is 23.3 Å². The molecular formula is C15H9BrF6. The van der Waals surface area contributed by atoms with Crippen LogP contribution in [-0.4, -0.2) is 0 Å². The molecular weight excluding hydrogens is 374 g/mol. The molecule has 118 valence electrons. The Kier molecular flexibility index (Phi) is 5.16. The monoisotopic (exact) mass is 382 g/mol. The molecule has 0 saturated heterocycles. The van der Waals surface area contributed by atoms with E-state index < -0.39 is 40.5 Å². The highest BCUT2D eigenvalue weighted by atomic mass is 79.9. The van der Waals surface area contributed by atoms with Crippen molar-refractivity contribution in [3.63, 3.8) is 0 Å². The first-order valence-corrected chi connectivity index (χ1v) is 7.06. The summed E-state index contributed by atoms with van der Waals surface area (Å²) >= 11 is 2.98. The van der Waals surface area contributed by atoms with Crippen LogP contribution in [0.1, 0.15) is 17.5 Å². The van der Waals surface area contributed by atoms with Gasteiger partial charge in [-0.2, -0.15) is 0 Å². The zero-order valence-electron chi connectivity index (χ0n) is 11.0. The Morgan fingerprint density at radius 1 is 0.727 bits per heavy atom. The standard InChI is InChI=1S/C15H9BrF6/c16-9-5-4-7(6-10(9)17)2-1-3-8-11(18)13(20)15(22)14(21)12(8)19/h4-6H,1-3H2. The molecule has 0 saturated carbocycles. The molecule has 0 nitrogen and oxygen atoms in total. The highest BCUT2D eigenvalue weighted by Gasteiger charge is 2.25. The number of aryl methyl sites for hydroxylation is 1. The van der Waals surface area contributed by atoms with E-state index in [9.17, 15) is 26.3 Å². The minimum absolute atomic E-state index is 0.111. The SMILES string of the molecule is Fc1cc(CCCc2c(F)c(F)c(F)c(F)c2F)ccc1Br. The Morgan fingerprint density at radius 3 is 1.82 bits per heavy atom. The molecule has 7 heteroatoms. The minimum atomic E-state index is -2.17. The lowest BCUT2D eigenvalue weighted by Crippen LogP contribution is -2.07. The van der Waals surface area contributed by atoms with E-state index in [1.165, 1.54) is 12.1 Å². The summed E-state index contributed by atoms with van der Waals surface area (Å²) in [7, 11) is 0. The minimum Gasteiger partial charge on any atom is -0.206 e. The normalized spacial score (nSPS) is 11.0. The summed E-state index contributed by atoms with van der Waals surface area (Å²) in [6, 6.07) is 4.32. The fourth-order valence-corrected chi connectivity index (χ4v) is 2.28. The van der Waals surface area contributed by atoms with Crippen LogP contribution in [0.2, 0.25) is 0 Å². The summed E-state index contributed by atoms with van der Waals surface area (Å²) < 4.78 is 79.5. The van der Waals surface area contributed by atoms with Crippen molar-refractivity contribution >= 4 is 15.9 Å². The number of rotatable bonds is 4. The summed E-state index contributed by atoms with van der Waals surface area (Å²) in [5.41, 5.74) is -0.293. The van der Waals surface area contributed by atoms with Crippen LogP contribution in [0, 0.1) is 34.9 Å². The second kappa shape index (κ2) is 6.73. The van der Waals surface area contributed by atoms with Gasteiger partial charge in [0.25, 0.3) is 0 Å². The third kappa shape index (κ3) is 3.29.